The number of amides is 2. The lowest BCUT2D eigenvalue weighted by atomic mass is 10.1. The first-order valence-electron chi connectivity index (χ1n) is 9.57. The van der Waals surface area contributed by atoms with Crippen molar-refractivity contribution in [1.82, 2.24) is 15.3 Å². The van der Waals surface area contributed by atoms with Crippen LogP contribution in [0, 0.1) is 5.82 Å². The van der Waals surface area contributed by atoms with Crippen LogP contribution in [0.25, 0.3) is 22.0 Å². The summed E-state index contributed by atoms with van der Waals surface area (Å²) in [5.41, 5.74) is 3.15. The van der Waals surface area contributed by atoms with E-state index in [4.69, 9.17) is 5.11 Å². The van der Waals surface area contributed by atoms with Crippen molar-refractivity contribution in [3.8, 4) is 11.1 Å². The molecule has 31 heavy (non-hydrogen) atoms. The predicted octanol–water partition coefficient (Wildman–Crippen LogP) is 4.19. The second-order valence-corrected chi connectivity index (χ2v) is 7.01. The summed E-state index contributed by atoms with van der Waals surface area (Å²) in [6.45, 7) is 0. The molecule has 0 aliphatic carbocycles. The quantitative estimate of drug-likeness (QED) is 0.377. The minimum Gasteiger partial charge on any atom is -0.465 e. The number of nitrogens with one attached hydrogen (secondary N) is 3. The molecule has 2 heterocycles. The average Bonchev–Trinajstić information content (AvgIpc) is 3.17. The maximum atomic E-state index is 13.4. The van der Waals surface area contributed by atoms with E-state index in [1.807, 2.05) is 30.3 Å². The first kappa shape index (κ1) is 20.1. The van der Waals surface area contributed by atoms with E-state index in [2.05, 4.69) is 20.6 Å². The molecule has 156 valence electrons. The van der Waals surface area contributed by atoms with Crippen LogP contribution < -0.4 is 10.6 Å². The zero-order chi connectivity index (χ0) is 21.8. The number of benzene rings is 2. The Balaban J connectivity index is 1.50. The molecule has 0 aliphatic rings. The Morgan fingerprint density at radius 3 is 2.61 bits per heavy atom. The van der Waals surface area contributed by atoms with Gasteiger partial charge in [-0.25, -0.2) is 14.2 Å². The van der Waals surface area contributed by atoms with Crippen molar-refractivity contribution in [3.05, 3.63) is 84.4 Å². The smallest absolute Gasteiger partial charge is 0.405 e. The molecule has 8 heteroatoms. The molecule has 0 fully saturated rings. The second kappa shape index (κ2) is 8.66. The molecule has 7 nitrogen and oxygen atoms in total. The molecule has 1 atom stereocenters. The average molecular weight is 418 g/mol. The molecule has 2 aromatic carbocycles. The van der Waals surface area contributed by atoms with E-state index in [0.717, 1.165) is 22.1 Å². The topological polar surface area (TPSA) is 107 Å². The summed E-state index contributed by atoms with van der Waals surface area (Å²) >= 11 is 0. The molecule has 4 aromatic rings. The van der Waals surface area contributed by atoms with E-state index < -0.39 is 18.0 Å². The van der Waals surface area contributed by atoms with Gasteiger partial charge >= 0.3 is 6.09 Å². The number of hydrogen-bond acceptors (Lipinski definition) is 3. The molecular weight excluding hydrogens is 399 g/mol. The number of carbonyl (C=O) groups is 2. The number of aromatic nitrogens is 2. The summed E-state index contributed by atoms with van der Waals surface area (Å²) in [4.78, 5) is 31.1. The molecule has 4 N–H and O–H groups in total. The molecule has 0 aliphatic heterocycles. The Labute approximate surface area is 176 Å². The van der Waals surface area contributed by atoms with Crippen molar-refractivity contribution in [2.24, 2.45) is 0 Å². The lowest BCUT2D eigenvalue weighted by molar-refractivity contribution is -0.118. The zero-order valence-electron chi connectivity index (χ0n) is 16.3. The molecule has 0 saturated carbocycles. The highest BCUT2D eigenvalue weighted by atomic mass is 19.1. The van der Waals surface area contributed by atoms with Crippen molar-refractivity contribution < 1.29 is 19.1 Å². The highest BCUT2D eigenvalue weighted by molar-refractivity contribution is 5.97. The van der Waals surface area contributed by atoms with Gasteiger partial charge < -0.3 is 20.7 Å². The van der Waals surface area contributed by atoms with Gasteiger partial charge in [-0.05, 0) is 35.9 Å². The molecule has 1 unspecified atom stereocenters. The maximum absolute atomic E-state index is 13.4. The van der Waals surface area contributed by atoms with Gasteiger partial charge in [-0.1, -0.05) is 30.3 Å². The van der Waals surface area contributed by atoms with Crippen molar-refractivity contribution in [2.45, 2.75) is 12.5 Å². The summed E-state index contributed by atoms with van der Waals surface area (Å²) in [7, 11) is 0. The largest absolute Gasteiger partial charge is 0.465 e. The van der Waals surface area contributed by atoms with Gasteiger partial charge in [0.05, 0.1) is 0 Å². The van der Waals surface area contributed by atoms with Gasteiger partial charge in [0.1, 0.15) is 17.7 Å². The Morgan fingerprint density at radius 1 is 1.10 bits per heavy atom. The fourth-order valence-corrected chi connectivity index (χ4v) is 3.39. The normalized spacial score (nSPS) is 11.8. The number of H-pyrrole nitrogens is 1. The SMILES string of the molecule is O=C(O)NC(Cc1ccccc1)C(=O)Nc1ccc(-c2c[nH]c3cc(F)ccc23)cn1. The van der Waals surface area contributed by atoms with Crippen LogP contribution in [0.5, 0.6) is 0 Å². The van der Waals surface area contributed by atoms with E-state index in [-0.39, 0.29) is 12.2 Å². The molecule has 0 radical (unpaired) electrons. The van der Waals surface area contributed by atoms with Crippen LogP contribution in [0.1, 0.15) is 5.56 Å². The van der Waals surface area contributed by atoms with Gasteiger partial charge in [-0.2, -0.15) is 0 Å². The van der Waals surface area contributed by atoms with Crippen LogP contribution in [0.3, 0.4) is 0 Å². The van der Waals surface area contributed by atoms with Gasteiger partial charge in [-0.3, -0.25) is 4.79 Å². The maximum Gasteiger partial charge on any atom is 0.405 e. The Hall–Kier alpha value is -4.20. The van der Waals surface area contributed by atoms with Crippen molar-refractivity contribution in [3.63, 3.8) is 0 Å². The number of halogens is 1. The van der Waals surface area contributed by atoms with Crippen LogP contribution in [-0.2, 0) is 11.2 Å². The van der Waals surface area contributed by atoms with Crippen molar-refractivity contribution >= 4 is 28.7 Å². The first-order chi connectivity index (χ1) is 15.0. The second-order valence-electron chi connectivity index (χ2n) is 7.01. The van der Waals surface area contributed by atoms with E-state index in [1.165, 1.54) is 12.1 Å². The fraction of sp³-hybridized carbons (Fsp3) is 0.0870. The monoisotopic (exact) mass is 418 g/mol. The number of rotatable bonds is 6. The van der Waals surface area contributed by atoms with Crippen LogP contribution >= 0.6 is 0 Å². The Morgan fingerprint density at radius 2 is 1.90 bits per heavy atom. The number of aromatic amines is 1. The molecule has 2 aromatic heterocycles. The Bertz CT molecular complexity index is 1220. The van der Waals surface area contributed by atoms with Crippen molar-refractivity contribution in [1.29, 1.82) is 0 Å². The number of fused-ring (bicyclic) bond motifs is 1. The first-order valence-corrected chi connectivity index (χ1v) is 9.57. The Kier molecular flexibility index (Phi) is 5.61. The fourth-order valence-electron chi connectivity index (χ4n) is 3.39. The van der Waals surface area contributed by atoms with Crippen LogP contribution in [0.2, 0.25) is 0 Å². The van der Waals surface area contributed by atoms with Gasteiger partial charge in [0.2, 0.25) is 5.91 Å². The van der Waals surface area contributed by atoms with Crippen LogP contribution in [0.4, 0.5) is 15.0 Å². The number of carboxylic acid groups (broad SMARTS) is 1. The highest BCUT2D eigenvalue weighted by Gasteiger charge is 2.21. The lowest BCUT2D eigenvalue weighted by Crippen LogP contribution is -2.44. The summed E-state index contributed by atoms with van der Waals surface area (Å²) in [6.07, 6.45) is 2.29. The van der Waals surface area contributed by atoms with Crippen LogP contribution in [0.15, 0.2) is 73.1 Å². The third-order valence-corrected chi connectivity index (χ3v) is 4.87. The standard InChI is InChI=1S/C23H19FN4O3/c24-16-7-8-17-18(13-25-19(17)11-16)15-6-9-21(26-12-15)28-22(29)20(27-23(30)31)10-14-4-2-1-3-5-14/h1-9,11-13,20,25,27H,10H2,(H,30,31)(H,26,28,29). The van der Waals surface area contributed by atoms with Crippen LogP contribution in [-0.4, -0.2) is 33.1 Å². The van der Waals surface area contributed by atoms with Gasteiger partial charge in [0, 0.05) is 40.8 Å². The molecular formula is C23H19FN4O3. The minimum absolute atomic E-state index is 0.211. The summed E-state index contributed by atoms with van der Waals surface area (Å²) in [5.74, 6) is -0.531. The molecule has 2 amide bonds. The molecule has 0 bridgehead atoms. The number of hydrogen-bond donors (Lipinski definition) is 4. The van der Waals surface area contributed by atoms with Gasteiger partial charge in [-0.15, -0.1) is 0 Å². The third kappa shape index (κ3) is 4.69. The zero-order valence-corrected chi connectivity index (χ0v) is 16.3. The van der Waals surface area contributed by atoms with Gasteiger partial charge in [0.25, 0.3) is 0 Å². The van der Waals surface area contributed by atoms with E-state index in [0.29, 0.717) is 11.3 Å². The third-order valence-electron chi connectivity index (χ3n) is 4.87. The van der Waals surface area contributed by atoms with Gasteiger partial charge in [0.15, 0.2) is 0 Å². The lowest BCUT2D eigenvalue weighted by Gasteiger charge is -2.16. The highest BCUT2D eigenvalue weighted by Crippen LogP contribution is 2.29. The van der Waals surface area contributed by atoms with E-state index >= 15 is 0 Å². The van der Waals surface area contributed by atoms with Crippen molar-refractivity contribution in [2.75, 3.05) is 5.32 Å². The molecule has 0 spiro atoms. The number of carbonyl (C=O) groups excluding carboxylic acids is 1. The van der Waals surface area contributed by atoms with E-state index in [9.17, 15) is 14.0 Å². The summed E-state index contributed by atoms with van der Waals surface area (Å²) < 4.78 is 13.4. The minimum atomic E-state index is -1.28. The molecule has 0 saturated heterocycles. The summed E-state index contributed by atoms with van der Waals surface area (Å²) in [6, 6.07) is 16.1. The number of pyridine rings is 1. The number of anilines is 1. The number of nitrogens with zero attached hydrogens (tertiary/aromatic N) is 1. The van der Waals surface area contributed by atoms with E-state index in [1.54, 1.807) is 30.6 Å². The molecule has 4 rings (SSSR count). The predicted molar refractivity (Wildman–Crippen MR) is 115 cm³/mol. The summed E-state index contributed by atoms with van der Waals surface area (Å²) in [5, 5.41) is 14.8.